The normalized spacial score (nSPS) is 14.6. The fourth-order valence-electron chi connectivity index (χ4n) is 1.39. The molecule has 0 saturated carbocycles. The number of nitrogens with one attached hydrogen (secondary N) is 1. The van der Waals surface area contributed by atoms with Crippen LogP contribution in [0.2, 0.25) is 0 Å². The second-order valence-electron chi connectivity index (χ2n) is 4.04. The number of rotatable bonds is 7. The summed E-state index contributed by atoms with van der Waals surface area (Å²) >= 11 is 0. The molecule has 0 fully saturated rings. The van der Waals surface area contributed by atoms with Crippen molar-refractivity contribution < 1.29 is 18.3 Å². The molecule has 0 amide bonds. The fraction of sp³-hybridized carbons (Fsp3) is 1.00. The van der Waals surface area contributed by atoms with Crippen molar-refractivity contribution in [2.24, 2.45) is 5.92 Å². The van der Waals surface area contributed by atoms with Crippen molar-refractivity contribution in [3.63, 3.8) is 0 Å². The maximum Gasteiger partial charge on any atom is 0.389 e. The Morgan fingerprint density at radius 3 is 2.27 bits per heavy atom. The Balaban J connectivity index is 3.62. The summed E-state index contributed by atoms with van der Waals surface area (Å²) in [6.07, 6.45) is -4.13. The van der Waals surface area contributed by atoms with Crippen LogP contribution in [0.5, 0.6) is 0 Å². The molecule has 2 N–H and O–H groups in total. The van der Waals surface area contributed by atoms with Crippen LogP contribution >= 0.6 is 0 Å². The second-order valence-corrected chi connectivity index (χ2v) is 4.04. The van der Waals surface area contributed by atoms with Crippen molar-refractivity contribution in [1.82, 2.24) is 5.32 Å². The first kappa shape index (κ1) is 14.7. The predicted octanol–water partition coefficient (Wildman–Crippen LogP) is 2.33. The third-order valence-electron chi connectivity index (χ3n) is 2.29. The van der Waals surface area contributed by atoms with Crippen LogP contribution in [0.3, 0.4) is 0 Å². The molecule has 0 spiro atoms. The van der Waals surface area contributed by atoms with Gasteiger partial charge in [-0.1, -0.05) is 13.8 Å². The van der Waals surface area contributed by atoms with Crippen molar-refractivity contribution in [3.8, 4) is 0 Å². The monoisotopic (exact) mass is 227 g/mol. The van der Waals surface area contributed by atoms with Gasteiger partial charge in [0.1, 0.15) is 0 Å². The Morgan fingerprint density at radius 2 is 1.87 bits per heavy atom. The Morgan fingerprint density at radius 1 is 1.27 bits per heavy atom. The molecule has 0 saturated heterocycles. The van der Waals surface area contributed by atoms with Crippen molar-refractivity contribution >= 4 is 0 Å². The summed E-state index contributed by atoms with van der Waals surface area (Å²) in [6.45, 7) is 4.38. The molecule has 15 heavy (non-hydrogen) atoms. The van der Waals surface area contributed by atoms with Crippen molar-refractivity contribution in [1.29, 1.82) is 0 Å². The average molecular weight is 227 g/mol. The van der Waals surface area contributed by atoms with Gasteiger partial charge in [0.15, 0.2) is 0 Å². The molecular weight excluding hydrogens is 207 g/mol. The van der Waals surface area contributed by atoms with E-state index in [1.807, 2.05) is 13.8 Å². The van der Waals surface area contributed by atoms with E-state index in [9.17, 15) is 13.2 Å². The van der Waals surface area contributed by atoms with Crippen LogP contribution in [0, 0.1) is 5.92 Å². The number of alkyl halides is 3. The quantitative estimate of drug-likeness (QED) is 0.654. The highest BCUT2D eigenvalue weighted by Crippen LogP contribution is 2.20. The molecule has 0 aromatic heterocycles. The summed E-state index contributed by atoms with van der Waals surface area (Å²) in [5.41, 5.74) is 0. The molecule has 0 aliphatic heterocycles. The Kier molecular flexibility index (Phi) is 6.92. The molecule has 0 aromatic rings. The highest BCUT2D eigenvalue weighted by atomic mass is 19.4. The van der Waals surface area contributed by atoms with E-state index in [4.69, 9.17) is 5.11 Å². The molecule has 1 atom stereocenters. The van der Waals surface area contributed by atoms with E-state index in [1.165, 1.54) is 0 Å². The van der Waals surface area contributed by atoms with Crippen LogP contribution < -0.4 is 5.32 Å². The summed E-state index contributed by atoms with van der Waals surface area (Å²) in [6, 6.07) is 0.100. The van der Waals surface area contributed by atoms with Crippen molar-refractivity contribution in [2.75, 3.05) is 13.2 Å². The molecule has 0 bridgehead atoms. The molecular formula is C10H20F3NO. The molecule has 92 valence electrons. The van der Waals surface area contributed by atoms with Crippen LogP contribution in [-0.4, -0.2) is 30.5 Å². The van der Waals surface area contributed by atoms with Gasteiger partial charge in [0.2, 0.25) is 0 Å². The van der Waals surface area contributed by atoms with Gasteiger partial charge in [-0.05, 0) is 25.3 Å². The SMILES string of the molecule is CC(C)C(CCO)NCCCC(F)(F)F. The number of aliphatic hydroxyl groups excluding tert-OH is 1. The Labute approximate surface area is 88.9 Å². The molecule has 0 aliphatic carbocycles. The molecule has 0 rings (SSSR count). The third kappa shape index (κ3) is 8.69. The van der Waals surface area contributed by atoms with Gasteiger partial charge in [0, 0.05) is 19.1 Å². The summed E-state index contributed by atoms with van der Waals surface area (Å²) in [5, 5.41) is 11.8. The second kappa shape index (κ2) is 7.06. The van der Waals surface area contributed by atoms with Crippen LogP contribution in [0.1, 0.15) is 33.1 Å². The summed E-state index contributed by atoms with van der Waals surface area (Å²) < 4.78 is 35.5. The number of hydrogen-bond donors (Lipinski definition) is 2. The van der Waals surface area contributed by atoms with Crippen LogP contribution in [0.15, 0.2) is 0 Å². The summed E-state index contributed by atoms with van der Waals surface area (Å²) in [5.74, 6) is 0.322. The van der Waals surface area contributed by atoms with E-state index in [0.717, 1.165) is 0 Å². The van der Waals surface area contributed by atoms with E-state index in [2.05, 4.69) is 5.32 Å². The molecule has 5 heteroatoms. The smallest absolute Gasteiger partial charge is 0.389 e. The number of halogens is 3. The zero-order valence-corrected chi connectivity index (χ0v) is 9.27. The summed E-state index contributed by atoms with van der Waals surface area (Å²) in [4.78, 5) is 0. The average Bonchev–Trinajstić information content (AvgIpc) is 2.08. The van der Waals surface area contributed by atoms with Gasteiger partial charge in [0.25, 0.3) is 0 Å². The van der Waals surface area contributed by atoms with E-state index in [1.54, 1.807) is 0 Å². The maximum atomic E-state index is 11.8. The first-order chi connectivity index (χ1) is 6.87. The topological polar surface area (TPSA) is 32.3 Å². The minimum absolute atomic E-state index is 0.0646. The van der Waals surface area contributed by atoms with Gasteiger partial charge in [-0.25, -0.2) is 0 Å². The summed E-state index contributed by atoms with van der Waals surface area (Å²) in [7, 11) is 0. The molecule has 0 aromatic carbocycles. The number of hydrogen-bond acceptors (Lipinski definition) is 2. The van der Waals surface area contributed by atoms with Gasteiger partial charge in [-0.2, -0.15) is 13.2 Å². The standard InChI is InChI=1S/C10H20F3NO/c1-8(2)9(4-7-15)14-6-3-5-10(11,12)13/h8-9,14-15H,3-7H2,1-2H3. The largest absolute Gasteiger partial charge is 0.396 e. The first-order valence-corrected chi connectivity index (χ1v) is 5.28. The van der Waals surface area contributed by atoms with Crippen molar-refractivity contribution in [2.45, 2.75) is 45.3 Å². The van der Waals surface area contributed by atoms with Gasteiger partial charge in [-0.15, -0.1) is 0 Å². The maximum absolute atomic E-state index is 11.8. The Hall–Kier alpha value is -0.290. The van der Waals surface area contributed by atoms with E-state index in [0.29, 0.717) is 18.9 Å². The molecule has 0 heterocycles. The fourth-order valence-corrected chi connectivity index (χ4v) is 1.39. The third-order valence-corrected chi connectivity index (χ3v) is 2.29. The highest BCUT2D eigenvalue weighted by Gasteiger charge is 2.26. The van der Waals surface area contributed by atoms with Gasteiger partial charge in [-0.3, -0.25) is 0 Å². The van der Waals surface area contributed by atoms with Crippen LogP contribution in [0.4, 0.5) is 13.2 Å². The molecule has 0 aliphatic rings. The lowest BCUT2D eigenvalue weighted by Crippen LogP contribution is -2.35. The van der Waals surface area contributed by atoms with Crippen molar-refractivity contribution in [3.05, 3.63) is 0 Å². The zero-order valence-electron chi connectivity index (χ0n) is 9.27. The molecule has 2 nitrogen and oxygen atoms in total. The predicted molar refractivity (Wildman–Crippen MR) is 53.6 cm³/mol. The lowest BCUT2D eigenvalue weighted by molar-refractivity contribution is -0.135. The number of aliphatic hydroxyl groups is 1. The first-order valence-electron chi connectivity index (χ1n) is 5.28. The zero-order chi connectivity index (χ0) is 11.9. The van der Waals surface area contributed by atoms with Gasteiger partial charge >= 0.3 is 6.18 Å². The van der Waals surface area contributed by atoms with Gasteiger partial charge in [0.05, 0.1) is 0 Å². The Bertz CT molecular complexity index is 159. The molecule has 1 unspecified atom stereocenters. The van der Waals surface area contributed by atoms with E-state index in [-0.39, 0.29) is 19.1 Å². The molecule has 0 radical (unpaired) electrons. The lowest BCUT2D eigenvalue weighted by Gasteiger charge is -2.21. The van der Waals surface area contributed by atoms with Crippen LogP contribution in [0.25, 0.3) is 0 Å². The van der Waals surface area contributed by atoms with E-state index >= 15 is 0 Å². The van der Waals surface area contributed by atoms with Crippen LogP contribution in [-0.2, 0) is 0 Å². The van der Waals surface area contributed by atoms with E-state index < -0.39 is 12.6 Å². The lowest BCUT2D eigenvalue weighted by atomic mass is 10.0. The minimum atomic E-state index is -4.06. The minimum Gasteiger partial charge on any atom is -0.396 e. The highest BCUT2D eigenvalue weighted by molar-refractivity contribution is 4.70. The van der Waals surface area contributed by atoms with Gasteiger partial charge < -0.3 is 10.4 Å².